The number of nitro groups is 1. The molecule has 0 aliphatic carbocycles. The summed E-state index contributed by atoms with van der Waals surface area (Å²) in [5.74, 6) is 1.08. The largest absolute Gasteiger partial charge is 0.496 e. The quantitative estimate of drug-likeness (QED) is 0.283. The molecule has 0 saturated heterocycles. The fourth-order valence-corrected chi connectivity index (χ4v) is 3.45. The van der Waals surface area contributed by atoms with Gasteiger partial charge in [-0.2, -0.15) is 5.10 Å². The molecule has 0 amide bonds. The fourth-order valence-electron chi connectivity index (χ4n) is 2.79. The van der Waals surface area contributed by atoms with Crippen LogP contribution < -0.4 is 19.6 Å². The minimum Gasteiger partial charge on any atom is -0.496 e. The van der Waals surface area contributed by atoms with Gasteiger partial charge in [0.25, 0.3) is 0 Å². The van der Waals surface area contributed by atoms with Crippen LogP contribution in [-0.4, -0.2) is 36.4 Å². The Morgan fingerprint density at radius 1 is 1.19 bits per heavy atom. The summed E-state index contributed by atoms with van der Waals surface area (Å²) >= 11 is 1.38. The average molecular weight is 442 g/mol. The number of nitro benzene ring substituents is 1. The third-order valence-electron chi connectivity index (χ3n) is 4.09. The van der Waals surface area contributed by atoms with E-state index in [-0.39, 0.29) is 23.3 Å². The molecule has 0 saturated carbocycles. The number of benzene rings is 2. The summed E-state index contributed by atoms with van der Waals surface area (Å²) in [6, 6.07) is 10.6. The fraction of sp³-hybridized carbons (Fsp3) is 0.238. The number of hydrogen-bond donors (Lipinski definition) is 1. The van der Waals surface area contributed by atoms with Crippen LogP contribution in [0.15, 0.2) is 46.9 Å². The Morgan fingerprint density at radius 3 is 2.61 bits per heavy atom. The van der Waals surface area contributed by atoms with Crippen LogP contribution in [0.4, 0.5) is 10.8 Å². The number of nitrogens with one attached hydrogen (secondary N) is 1. The molecular weight excluding hydrogens is 420 g/mol. The van der Waals surface area contributed by atoms with Crippen molar-refractivity contribution in [1.82, 2.24) is 4.98 Å². The van der Waals surface area contributed by atoms with Gasteiger partial charge in [0.2, 0.25) is 10.9 Å². The number of thiazole rings is 1. The van der Waals surface area contributed by atoms with Crippen molar-refractivity contribution in [3.63, 3.8) is 0 Å². The highest BCUT2D eigenvalue weighted by molar-refractivity contribution is 7.14. The normalized spacial score (nSPS) is 11.0. The highest BCUT2D eigenvalue weighted by Crippen LogP contribution is 2.38. The van der Waals surface area contributed by atoms with Crippen molar-refractivity contribution in [2.75, 3.05) is 19.6 Å². The van der Waals surface area contributed by atoms with Gasteiger partial charge in [-0.15, -0.1) is 11.3 Å². The van der Waals surface area contributed by atoms with Crippen molar-refractivity contribution in [3.05, 3.63) is 57.5 Å². The van der Waals surface area contributed by atoms with E-state index in [4.69, 9.17) is 14.2 Å². The molecule has 0 unspecified atom stereocenters. The molecular formula is C21H22N4O5S. The highest BCUT2D eigenvalue weighted by atomic mass is 32.1. The molecule has 9 nitrogen and oxygen atoms in total. The second-order valence-electron chi connectivity index (χ2n) is 6.60. The Morgan fingerprint density at radius 2 is 1.94 bits per heavy atom. The van der Waals surface area contributed by atoms with Gasteiger partial charge < -0.3 is 14.2 Å². The molecule has 31 heavy (non-hydrogen) atoms. The maximum Gasteiger partial charge on any atom is 0.315 e. The molecule has 1 heterocycles. The summed E-state index contributed by atoms with van der Waals surface area (Å²) in [4.78, 5) is 15.5. The van der Waals surface area contributed by atoms with E-state index in [0.717, 1.165) is 17.0 Å². The molecule has 0 spiro atoms. The van der Waals surface area contributed by atoms with E-state index in [2.05, 4.69) is 15.5 Å². The third-order valence-corrected chi connectivity index (χ3v) is 4.84. The Hall–Kier alpha value is -3.66. The van der Waals surface area contributed by atoms with Gasteiger partial charge in [-0.1, -0.05) is 12.1 Å². The number of nitrogens with zero attached hydrogens (tertiary/aromatic N) is 3. The Bertz CT molecular complexity index is 1100. The van der Waals surface area contributed by atoms with E-state index in [1.807, 2.05) is 29.6 Å². The second-order valence-corrected chi connectivity index (χ2v) is 7.46. The molecule has 162 valence electrons. The summed E-state index contributed by atoms with van der Waals surface area (Å²) < 4.78 is 16.2. The first-order valence-corrected chi connectivity index (χ1v) is 10.2. The first-order valence-electron chi connectivity index (χ1n) is 9.34. The summed E-state index contributed by atoms with van der Waals surface area (Å²) in [5.41, 5.74) is 4.77. The molecule has 1 N–H and O–H groups in total. The molecule has 0 radical (unpaired) electrons. The predicted octanol–water partition coefficient (Wildman–Crippen LogP) is 4.97. The lowest BCUT2D eigenvalue weighted by atomic mass is 10.1. The van der Waals surface area contributed by atoms with Crippen molar-refractivity contribution in [1.29, 1.82) is 0 Å². The van der Waals surface area contributed by atoms with Crippen LogP contribution in [0.25, 0.3) is 11.3 Å². The standard InChI is InChI=1S/C21H22N4O5S/c1-13(2)30-20-17(25(26)27)9-14(10-19(20)29-4)11-22-24-21-23-16(12-31-21)15-7-5-6-8-18(15)28-3/h5-13H,1-4H3,(H,23,24)/b22-11-. The lowest BCUT2D eigenvalue weighted by Crippen LogP contribution is -2.09. The van der Waals surface area contributed by atoms with Crippen molar-refractivity contribution < 1.29 is 19.1 Å². The second kappa shape index (κ2) is 9.90. The zero-order chi connectivity index (χ0) is 22.4. The monoisotopic (exact) mass is 442 g/mol. The van der Waals surface area contributed by atoms with Gasteiger partial charge in [0, 0.05) is 22.6 Å². The van der Waals surface area contributed by atoms with Gasteiger partial charge in [-0.3, -0.25) is 15.5 Å². The maximum absolute atomic E-state index is 11.5. The number of rotatable bonds is 9. The molecule has 0 aliphatic rings. The van der Waals surface area contributed by atoms with E-state index in [1.165, 1.54) is 30.7 Å². The molecule has 2 aromatic carbocycles. The van der Waals surface area contributed by atoms with Crippen molar-refractivity contribution >= 4 is 28.4 Å². The highest BCUT2D eigenvalue weighted by Gasteiger charge is 2.23. The van der Waals surface area contributed by atoms with E-state index < -0.39 is 4.92 Å². The zero-order valence-electron chi connectivity index (χ0n) is 17.5. The lowest BCUT2D eigenvalue weighted by Gasteiger charge is -2.14. The molecule has 10 heteroatoms. The number of para-hydroxylation sites is 1. The Labute approximate surface area is 183 Å². The molecule has 3 rings (SSSR count). The number of methoxy groups -OCH3 is 2. The first kappa shape index (κ1) is 22.0. The van der Waals surface area contributed by atoms with Crippen LogP contribution in [0.1, 0.15) is 19.4 Å². The lowest BCUT2D eigenvalue weighted by molar-refractivity contribution is -0.386. The molecule has 0 bridgehead atoms. The van der Waals surface area contributed by atoms with Crippen molar-refractivity contribution in [3.8, 4) is 28.5 Å². The van der Waals surface area contributed by atoms with Crippen LogP contribution in [0, 0.1) is 10.1 Å². The predicted molar refractivity (Wildman–Crippen MR) is 121 cm³/mol. The average Bonchev–Trinajstić information content (AvgIpc) is 3.22. The minimum atomic E-state index is -0.509. The number of ether oxygens (including phenoxy) is 3. The third kappa shape index (κ3) is 5.28. The smallest absolute Gasteiger partial charge is 0.315 e. The van der Waals surface area contributed by atoms with Crippen LogP contribution in [0.3, 0.4) is 0 Å². The summed E-state index contributed by atoms with van der Waals surface area (Å²) in [6.07, 6.45) is 1.22. The van der Waals surface area contributed by atoms with Gasteiger partial charge >= 0.3 is 5.69 Å². The molecule has 0 atom stereocenters. The van der Waals surface area contributed by atoms with E-state index in [9.17, 15) is 10.1 Å². The van der Waals surface area contributed by atoms with E-state index in [0.29, 0.717) is 10.7 Å². The molecule has 1 aromatic heterocycles. The summed E-state index contributed by atoms with van der Waals surface area (Å²) in [7, 11) is 3.04. The Balaban J connectivity index is 1.80. The van der Waals surface area contributed by atoms with Crippen LogP contribution in [-0.2, 0) is 0 Å². The first-order chi connectivity index (χ1) is 14.9. The number of hydrogen-bond acceptors (Lipinski definition) is 9. The van der Waals surface area contributed by atoms with Crippen LogP contribution >= 0.6 is 11.3 Å². The topological polar surface area (TPSA) is 108 Å². The van der Waals surface area contributed by atoms with Crippen LogP contribution in [0.2, 0.25) is 0 Å². The van der Waals surface area contributed by atoms with Gasteiger partial charge in [0.1, 0.15) is 5.75 Å². The SMILES string of the molecule is COc1ccccc1-c1csc(N/N=C\c2cc(OC)c(OC(C)C)c([N+](=O)[O-])c2)n1. The molecule has 0 fully saturated rings. The number of aromatic nitrogens is 1. The van der Waals surface area contributed by atoms with Gasteiger partial charge in [0.05, 0.1) is 37.2 Å². The number of anilines is 1. The van der Waals surface area contributed by atoms with E-state index >= 15 is 0 Å². The summed E-state index contributed by atoms with van der Waals surface area (Å²) in [6.45, 7) is 3.57. The molecule has 3 aromatic rings. The Kier molecular flexibility index (Phi) is 7.03. The van der Waals surface area contributed by atoms with Crippen LogP contribution in [0.5, 0.6) is 17.2 Å². The number of hydrazone groups is 1. The molecule has 0 aliphatic heterocycles. The minimum absolute atomic E-state index is 0.0917. The van der Waals surface area contributed by atoms with E-state index in [1.54, 1.807) is 27.0 Å². The van der Waals surface area contributed by atoms with Crippen molar-refractivity contribution in [2.24, 2.45) is 5.10 Å². The van der Waals surface area contributed by atoms with Gasteiger partial charge in [-0.05, 0) is 32.0 Å². The van der Waals surface area contributed by atoms with Gasteiger partial charge in [0.15, 0.2) is 5.75 Å². The summed E-state index contributed by atoms with van der Waals surface area (Å²) in [5, 5.41) is 18.1. The van der Waals surface area contributed by atoms with Crippen molar-refractivity contribution in [2.45, 2.75) is 20.0 Å². The maximum atomic E-state index is 11.5. The van der Waals surface area contributed by atoms with Gasteiger partial charge in [-0.25, -0.2) is 4.98 Å². The zero-order valence-corrected chi connectivity index (χ0v) is 18.3.